The molecule has 2 heterocycles. The van der Waals surface area contributed by atoms with Gasteiger partial charge in [-0.25, -0.2) is 4.79 Å². The molecule has 132 valence electrons. The van der Waals surface area contributed by atoms with E-state index in [0.717, 1.165) is 25.7 Å². The van der Waals surface area contributed by atoms with Crippen molar-refractivity contribution in [1.82, 2.24) is 4.90 Å². The minimum atomic E-state index is -0.498. The molecule has 0 aromatic carbocycles. The molecule has 0 radical (unpaired) electrons. The quantitative estimate of drug-likeness (QED) is 0.799. The summed E-state index contributed by atoms with van der Waals surface area (Å²) in [5, 5.41) is 10.1. The van der Waals surface area contributed by atoms with E-state index in [4.69, 9.17) is 14.2 Å². The van der Waals surface area contributed by atoms with Crippen LogP contribution in [0, 0.1) is 11.3 Å². The molecule has 23 heavy (non-hydrogen) atoms. The summed E-state index contributed by atoms with van der Waals surface area (Å²) in [5.41, 5.74) is -0.752. The molecule has 2 atom stereocenters. The van der Waals surface area contributed by atoms with Crippen LogP contribution >= 0.6 is 0 Å². The Balaban J connectivity index is 1.69. The zero-order valence-electron chi connectivity index (χ0n) is 14.5. The Kier molecular flexibility index (Phi) is 4.36. The maximum absolute atomic E-state index is 12.4. The lowest BCUT2D eigenvalue weighted by Crippen LogP contribution is -2.58. The van der Waals surface area contributed by atoms with Crippen molar-refractivity contribution in [3.05, 3.63) is 0 Å². The summed E-state index contributed by atoms with van der Waals surface area (Å²) >= 11 is 0. The molecule has 6 heteroatoms. The first kappa shape index (κ1) is 17.0. The van der Waals surface area contributed by atoms with Crippen molar-refractivity contribution >= 4 is 6.09 Å². The number of hydrogen-bond donors (Lipinski definition) is 1. The zero-order valence-corrected chi connectivity index (χ0v) is 14.5. The van der Waals surface area contributed by atoms with E-state index < -0.39 is 11.4 Å². The Morgan fingerprint density at radius 1 is 1.30 bits per heavy atom. The molecule has 0 aromatic rings. The van der Waals surface area contributed by atoms with E-state index in [1.54, 1.807) is 4.90 Å². The molecule has 1 aliphatic carbocycles. The average Bonchev–Trinajstić information content (AvgIpc) is 2.93. The summed E-state index contributed by atoms with van der Waals surface area (Å²) in [6, 6.07) is 0. The molecule has 1 saturated carbocycles. The van der Waals surface area contributed by atoms with Crippen LogP contribution in [0.15, 0.2) is 0 Å². The van der Waals surface area contributed by atoms with Gasteiger partial charge in [-0.3, -0.25) is 0 Å². The molecule has 1 amide bonds. The molecular formula is C17H29NO5. The third kappa shape index (κ3) is 3.35. The number of ether oxygens (including phenoxy) is 3. The predicted octanol–water partition coefficient (Wildman–Crippen LogP) is 2.15. The Labute approximate surface area is 138 Å². The fraction of sp³-hybridized carbons (Fsp3) is 0.941. The highest BCUT2D eigenvalue weighted by Crippen LogP contribution is 2.51. The van der Waals surface area contributed by atoms with E-state index in [1.807, 2.05) is 20.8 Å². The molecular weight excluding hydrogens is 298 g/mol. The van der Waals surface area contributed by atoms with Crippen molar-refractivity contribution < 1.29 is 24.1 Å². The second kappa shape index (κ2) is 5.90. The standard InChI is InChI=1S/C17H29NO5/c1-15(2,3)23-14(20)18-7-4-13-10-17(21-8-9-22-17)6-5-16(13,11-18)12-19/h13,19H,4-12H2,1-3H3/t13-,16+/m0/s1. The van der Waals surface area contributed by atoms with Gasteiger partial charge in [0.15, 0.2) is 5.79 Å². The average molecular weight is 327 g/mol. The topological polar surface area (TPSA) is 68.2 Å². The largest absolute Gasteiger partial charge is 0.444 e. The number of likely N-dealkylation sites (tertiary alicyclic amines) is 1. The molecule has 1 N–H and O–H groups in total. The molecule has 2 aliphatic heterocycles. The van der Waals surface area contributed by atoms with Gasteiger partial charge in [-0.15, -0.1) is 0 Å². The molecule has 2 saturated heterocycles. The van der Waals surface area contributed by atoms with Crippen LogP contribution in [0.2, 0.25) is 0 Å². The monoisotopic (exact) mass is 327 g/mol. The van der Waals surface area contributed by atoms with Gasteiger partial charge < -0.3 is 24.2 Å². The fourth-order valence-corrected chi connectivity index (χ4v) is 4.22. The van der Waals surface area contributed by atoms with Gasteiger partial charge in [0, 0.05) is 31.3 Å². The second-order valence-electron chi connectivity index (χ2n) is 8.22. The van der Waals surface area contributed by atoms with Gasteiger partial charge in [0.2, 0.25) is 0 Å². The van der Waals surface area contributed by atoms with Gasteiger partial charge in [-0.2, -0.15) is 0 Å². The second-order valence-corrected chi connectivity index (χ2v) is 8.22. The van der Waals surface area contributed by atoms with Crippen LogP contribution < -0.4 is 0 Å². The third-order valence-electron chi connectivity index (χ3n) is 5.46. The number of nitrogens with zero attached hydrogens (tertiary/aromatic N) is 1. The number of aliphatic hydroxyl groups excluding tert-OH is 1. The summed E-state index contributed by atoms with van der Waals surface area (Å²) in [5.74, 6) is -0.129. The highest BCUT2D eigenvalue weighted by molar-refractivity contribution is 5.68. The molecule has 1 spiro atoms. The van der Waals surface area contributed by atoms with E-state index >= 15 is 0 Å². The fourth-order valence-electron chi connectivity index (χ4n) is 4.22. The zero-order chi connectivity index (χ0) is 16.7. The van der Waals surface area contributed by atoms with Crippen LogP contribution in [-0.2, 0) is 14.2 Å². The van der Waals surface area contributed by atoms with Crippen LogP contribution in [0.4, 0.5) is 4.79 Å². The van der Waals surface area contributed by atoms with Gasteiger partial charge in [0.05, 0.1) is 19.8 Å². The van der Waals surface area contributed by atoms with Crippen LogP contribution in [0.1, 0.15) is 46.5 Å². The summed E-state index contributed by atoms with van der Waals surface area (Å²) in [7, 11) is 0. The molecule has 3 aliphatic rings. The van der Waals surface area contributed by atoms with E-state index in [9.17, 15) is 9.90 Å². The Morgan fingerprint density at radius 2 is 2.00 bits per heavy atom. The molecule has 0 unspecified atom stereocenters. The maximum atomic E-state index is 12.4. The molecule has 0 aromatic heterocycles. The number of carbonyl (C=O) groups is 1. The summed E-state index contributed by atoms with van der Waals surface area (Å²) < 4.78 is 17.2. The Bertz CT molecular complexity index is 454. The van der Waals surface area contributed by atoms with Gasteiger partial charge in [-0.1, -0.05) is 0 Å². The third-order valence-corrected chi connectivity index (χ3v) is 5.46. The van der Waals surface area contributed by atoms with E-state index in [2.05, 4.69) is 0 Å². The van der Waals surface area contributed by atoms with Crippen molar-refractivity contribution in [1.29, 1.82) is 0 Å². The number of rotatable bonds is 1. The van der Waals surface area contributed by atoms with Crippen molar-refractivity contribution in [2.24, 2.45) is 11.3 Å². The lowest BCUT2D eigenvalue weighted by Gasteiger charge is -2.53. The molecule has 6 nitrogen and oxygen atoms in total. The smallest absolute Gasteiger partial charge is 0.410 e. The number of hydrogen-bond acceptors (Lipinski definition) is 5. The highest BCUT2D eigenvalue weighted by atomic mass is 16.7. The van der Waals surface area contributed by atoms with Crippen LogP contribution in [0.3, 0.4) is 0 Å². The van der Waals surface area contributed by atoms with Crippen molar-refractivity contribution in [3.8, 4) is 0 Å². The van der Waals surface area contributed by atoms with E-state index in [-0.39, 0.29) is 18.1 Å². The first-order valence-corrected chi connectivity index (χ1v) is 8.64. The van der Waals surface area contributed by atoms with Gasteiger partial charge in [-0.05, 0) is 39.5 Å². The minimum Gasteiger partial charge on any atom is -0.444 e. The van der Waals surface area contributed by atoms with Gasteiger partial charge in [0.25, 0.3) is 0 Å². The molecule has 3 fully saturated rings. The van der Waals surface area contributed by atoms with Crippen LogP contribution in [0.5, 0.6) is 0 Å². The lowest BCUT2D eigenvalue weighted by atomic mass is 9.61. The normalized spacial score (nSPS) is 33.6. The first-order valence-electron chi connectivity index (χ1n) is 8.64. The molecule has 0 bridgehead atoms. The Morgan fingerprint density at radius 3 is 2.61 bits per heavy atom. The van der Waals surface area contributed by atoms with Crippen LogP contribution in [-0.4, -0.2) is 60.4 Å². The number of piperidine rings is 1. The van der Waals surface area contributed by atoms with Gasteiger partial charge in [0.1, 0.15) is 5.60 Å². The van der Waals surface area contributed by atoms with Gasteiger partial charge >= 0.3 is 6.09 Å². The lowest BCUT2D eigenvalue weighted by molar-refractivity contribution is -0.219. The van der Waals surface area contributed by atoms with E-state index in [1.165, 1.54) is 0 Å². The number of fused-ring (bicyclic) bond motifs is 1. The SMILES string of the molecule is CC(C)(C)OC(=O)N1CC[C@H]2CC3(CC[C@]2(CO)C1)OCCO3. The van der Waals surface area contributed by atoms with Crippen molar-refractivity contribution in [2.75, 3.05) is 32.9 Å². The Hall–Kier alpha value is -0.850. The number of carbonyl (C=O) groups excluding carboxylic acids is 1. The molecule has 3 rings (SSSR count). The highest BCUT2D eigenvalue weighted by Gasteiger charge is 2.54. The maximum Gasteiger partial charge on any atom is 0.410 e. The van der Waals surface area contributed by atoms with Crippen LogP contribution in [0.25, 0.3) is 0 Å². The number of amides is 1. The van der Waals surface area contributed by atoms with Crippen molar-refractivity contribution in [3.63, 3.8) is 0 Å². The number of aliphatic hydroxyl groups is 1. The first-order chi connectivity index (χ1) is 10.8. The van der Waals surface area contributed by atoms with E-state index in [0.29, 0.717) is 32.2 Å². The predicted molar refractivity (Wildman–Crippen MR) is 83.9 cm³/mol. The summed E-state index contributed by atoms with van der Waals surface area (Å²) in [4.78, 5) is 14.1. The summed E-state index contributed by atoms with van der Waals surface area (Å²) in [6.45, 7) is 8.24. The minimum absolute atomic E-state index is 0.0903. The van der Waals surface area contributed by atoms with Crippen molar-refractivity contribution in [2.45, 2.75) is 57.8 Å². The summed E-state index contributed by atoms with van der Waals surface area (Å²) in [6.07, 6.45) is 2.99.